The molecule has 2 atom stereocenters. The number of nitrogens with two attached hydrogens (primary N) is 1. The van der Waals surface area contributed by atoms with Gasteiger partial charge in [-0.05, 0) is 31.5 Å². The summed E-state index contributed by atoms with van der Waals surface area (Å²) < 4.78 is 10.7. The molecule has 1 aliphatic heterocycles. The van der Waals surface area contributed by atoms with Gasteiger partial charge in [-0.2, -0.15) is 0 Å². The second kappa shape index (κ2) is 8.78. The molecule has 6 nitrogen and oxygen atoms in total. The van der Waals surface area contributed by atoms with E-state index in [0.29, 0.717) is 18.9 Å². The van der Waals surface area contributed by atoms with Gasteiger partial charge < -0.3 is 20.1 Å². The van der Waals surface area contributed by atoms with Gasteiger partial charge in [0.2, 0.25) is 5.91 Å². The quantitative estimate of drug-likeness (QED) is 0.710. The smallest absolute Gasteiger partial charge is 0.344 e. The number of nitrogens with zero attached hydrogens (tertiary/aromatic N) is 1. The van der Waals surface area contributed by atoms with Gasteiger partial charge in [0.05, 0.1) is 6.61 Å². The first-order valence-electron chi connectivity index (χ1n) is 9.51. The fourth-order valence-electron chi connectivity index (χ4n) is 3.80. The average molecular weight is 382 g/mol. The Bertz CT molecular complexity index is 838. The lowest BCUT2D eigenvalue weighted by Gasteiger charge is -2.27. The van der Waals surface area contributed by atoms with Crippen molar-refractivity contribution in [1.29, 1.82) is 0 Å². The molecular formula is C22H26N2O4. The Hall–Kier alpha value is -3.02. The van der Waals surface area contributed by atoms with E-state index in [-0.39, 0.29) is 30.9 Å². The van der Waals surface area contributed by atoms with Crippen LogP contribution in [-0.4, -0.2) is 31.1 Å². The van der Waals surface area contributed by atoms with Crippen LogP contribution in [-0.2, 0) is 20.9 Å². The van der Waals surface area contributed by atoms with Crippen molar-refractivity contribution in [2.45, 2.75) is 38.8 Å². The number of primary amides is 1. The number of anilines is 1. The molecule has 1 heterocycles. The van der Waals surface area contributed by atoms with Crippen LogP contribution in [0.3, 0.4) is 0 Å². The van der Waals surface area contributed by atoms with Crippen LogP contribution in [0.1, 0.15) is 37.3 Å². The Kier molecular flexibility index (Phi) is 6.19. The first-order chi connectivity index (χ1) is 13.5. The van der Waals surface area contributed by atoms with E-state index < -0.39 is 5.97 Å². The summed E-state index contributed by atoms with van der Waals surface area (Å²) in [6.45, 7) is 4.70. The van der Waals surface area contributed by atoms with Crippen molar-refractivity contribution in [2.75, 3.05) is 18.1 Å². The predicted octanol–water partition coefficient (Wildman–Crippen LogP) is 3.00. The van der Waals surface area contributed by atoms with E-state index in [0.717, 1.165) is 11.3 Å². The molecule has 0 bridgehead atoms. The molecule has 0 radical (unpaired) electrons. The van der Waals surface area contributed by atoms with Gasteiger partial charge in [-0.1, -0.05) is 36.4 Å². The van der Waals surface area contributed by atoms with Gasteiger partial charge in [-0.15, -0.1) is 0 Å². The van der Waals surface area contributed by atoms with Crippen molar-refractivity contribution in [3.63, 3.8) is 0 Å². The summed E-state index contributed by atoms with van der Waals surface area (Å²) in [6, 6.07) is 16.0. The normalized spacial score (nSPS) is 17.9. The van der Waals surface area contributed by atoms with E-state index in [9.17, 15) is 9.59 Å². The number of carbonyl (C=O) groups is 2. The van der Waals surface area contributed by atoms with E-state index >= 15 is 0 Å². The number of hydrogen-bond donors (Lipinski definition) is 1. The molecule has 2 N–H and O–H groups in total. The Labute approximate surface area is 165 Å². The van der Waals surface area contributed by atoms with Crippen LogP contribution in [0.15, 0.2) is 48.5 Å². The molecule has 0 saturated heterocycles. The Balaban J connectivity index is 1.92. The fourth-order valence-corrected chi connectivity index (χ4v) is 3.80. The lowest BCUT2D eigenvalue weighted by atomic mass is 9.91. The lowest BCUT2D eigenvalue weighted by molar-refractivity contribution is -0.145. The molecule has 2 aromatic rings. The van der Waals surface area contributed by atoms with Gasteiger partial charge in [0.1, 0.15) is 5.75 Å². The minimum Gasteiger partial charge on any atom is -0.482 e. The van der Waals surface area contributed by atoms with E-state index in [2.05, 4.69) is 24.0 Å². The molecule has 28 heavy (non-hydrogen) atoms. The molecule has 3 rings (SSSR count). The third kappa shape index (κ3) is 4.27. The summed E-state index contributed by atoms with van der Waals surface area (Å²) in [5.74, 6) is -0.280. The number of esters is 1. The molecule has 2 aromatic carbocycles. The standard InChI is InChI=1S/C22H26N2O4/c1-3-27-21(26)14-28-19-11-7-10-18-22(19)17(12-20(23)25)15(2)24(18)13-16-8-5-4-6-9-16/h4-11,15,17H,3,12-14H2,1-2H3,(H2,23,25). The van der Waals surface area contributed by atoms with Crippen LogP contribution in [0.25, 0.3) is 0 Å². The molecule has 0 fully saturated rings. The second-order valence-electron chi connectivity index (χ2n) is 6.91. The molecule has 1 aliphatic rings. The zero-order valence-corrected chi connectivity index (χ0v) is 16.3. The maximum absolute atomic E-state index is 11.7. The maximum Gasteiger partial charge on any atom is 0.344 e. The first kappa shape index (κ1) is 19.7. The summed E-state index contributed by atoms with van der Waals surface area (Å²) in [7, 11) is 0. The van der Waals surface area contributed by atoms with E-state index in [4.69, 9.17) is 15.2 Å². The highest BCUT2D eigenvalue weighted by atomic mass is 16.6. The molecule has 0 aromatic heterocycles. The van der Waals surface area contributed by atoms with Gasteiger partial charge >= 0.3 is 5.97 Å². The monoisotopic (exact) mass is 382 g/mol. The molecule has 6 heteroatoms. The van der Waals surface area contributed by atoms with Crippen molar-refractivity contribution >= 4 is 17.6 Å². The van der Waals surface area contributed by atoms with Crippen LogP contribution in [0.5, 0.6) is 5.75 Å². The number of fused-ring (bicyclic) bond motifs is 1. The zero-order valence-electron chi connectivity index (χ0n) is 16.3. The summed E-state index contributed by atoms with van der Waals surface area (Å²) >= 11 is 0. The van der Waals surface area contributed by atoms with Gasteiger partial charge in [-0.3, -0.25) is 4.79 Å². The molecule has 0 saturated carbocycles. The topological polar surface area (TPSA) is 81.9 Å². The third-order valence-corrected chi connectivity index (χ3v) is 5.06. The molecule has 2 unspecified atom stereocenters. The van der Waals surface area contributed by atoms with E-state index in [1.54, 1.807) is 6.92 Å². The van der Waals surface area contributed by atoms with Crippen molar-refractivity contribution in [1.82, 2.24) is 0 Å². The first-order valence-corrected chi connectivity index (χ1v) is 9.51. The molecule has 0 spiro atoms. The van der Waals surface area contributed by atoms with E-state index in [1.807, 2.05) is 36.4 Å². The number of amides is 1. The number of benzene rings is 2. The number of ether oxygens (including phenoxy) is 2. The highest BCUT2D eigenvalue weighted by Crippen LogP contribution is 2.47. The van der Waals surface area contributed by atoms with Crippen LogP contribution >= 0.6 is 0 Å². The largest absolute Gasteiger partial charge is 0.482 e. The number of hydrogen-bond acceptors (Lipinski definition) is 5. The van der Waals surface area contributed by atoms with Crippen molar-refractivity contribution < 1.29 is 19.1 Å². The van der Waals surface area contributed by atoms with Crippen LogP contribution < -0.4 is 15.4 Å². The Morgan fingerprint density at radius 3 is 2.54 bits per heavy atom. The van der Waals surface area contributed by atoms with Crippen molar-refractivity contribution in [2.24, 2.45) is 5.73 Å². The van der Waals surface area contributed by atoms with Gasteiger partial charge in [0.15, 0.2) is 6.61 Å². The van der Waals surface area contributed by atoms with Crippen LogP contribution in [0.2, 0.25) is 0 Å². The van der Waals surface area contributed by atoms with Crippen molar-refractivity contribution in [3.05, 3.63) is 59.7 Å². The minimum absolute atomic E-state index is 0.0649. The second-order valence-corrected chi connectivity index (χ2v) is 6.91. The SMILES string of the molecule is CCOC(=O)COc1cccc2c1C(CC(N)=O)C(C)N2Cc1ccccc1. The minimum atomic E-state index is -0.418. The highest BCUT2D eigenvalue weighted by Gasteiger charge is 2.38. The average Bonchev–Trinajstić information content (AvgIpc) is 2.93. The van der Waals surface area contributed by atoms with Crippen molar-refractivity contribution in [3.8, 4) is 5.75 Å². The highest BCUT2D eigenvalue weighted by molar-refractivity contribution is 5.78. The molecule has 1 amide bonds. The lowest BCUT2D eigenvalue weighted by Crippen LogP contribution is -2.32. The number of carbonyl (C=O) groups excluding carboxylic acids is 2. The summed E-state index contributed by atoms with van der Waals surface area (Å²) in [4.78, 5) is 25.7. The van der Waals surface area contributed by atoms with Crippen LogP contribution in [0.4, 0.5) is 5.69 Å². The number of rotatable bonds is 8. The molecule has 0 aliphatic carbocycles. The van der Waals surface area contributed by atoms with Gasteiger partial charge in [-0.25, -0.2) is 4.79 Å². The van der Waals surface area contributed by atoms with Gasteiger partial charge in [0, 0.05) is 36.2 Å². The fraction of sp³-hybridized carbons (Fsp3) is 0.364. The predicted molar refractivity (Wildman–Crippen MR) is 107 cm³/mol. The summed E-state index contributed by atoms with van der Waals surface area (Å²) in [6.07, 6.45) is 0.221. The maximum atomic E-state index is 11.7. The summed E-state index contributed by atoms with van der Waals surface area (Å²) in [5.41, 5.74) is 8.64. The zero-order chi connectivity index (χ0) is 20.1. The Morgan fingerprint density at radius 1 is 1.11 bits per heavy atom. The third-order valence-electron chi connectivity index (χ3n) is 5.06. The molecular weight excluding hydrogens is 356 g/mol. The van der Waals surface area contributed by atoms with E-state index in [1.165, 1.54) is 5.56 Å². The van der Waals surface area contributed by atoms with Gasteiger partial charge in [0.25, 0.3) is 0 Å². The van der Waals surface area contributed by atoms with Crippen LogP contribution in [0, 0.1) is 0 Å². The summed E-state index contributed by atoms with van der Waals surface area (Å²) in [5, 5.41) is 0. The molecule has 148 valence electrons. The Morgan fingerprint density at radius 2 is 1.86 bits per heavy atom.